The fourth-order valence-electron chi connectivity index (χ4n) is 1.45. The normalized spacial score (nSPS) is 27.2. The summed E-state index contributed by atoms with van der Waals surface area (Å²) in [7, 11) is -2.92. The van der Waals surface area contributed by atoms with Gasteiger partial charge in [-0.3, -0.25) is 4.79 Å². The highest BCUT2D eigenvalue weighted by Crippen LogP contribution is 2.11. The third kappa shape index (κ3) is 2.67. The molecule has 1 aliphatic heterocycles. The van der Waals surface area contributed by atoms with Gasteiger partial charge in [-0.1, -0.05) is 15.9 Å². The second-order valence-corrected chi connectivity index (χ2v) is 5.97. The standard InChI is InChI=1S/C7H12BrNO3S/c1-6-5-13(11,12)3-2-9(6)7(10)4-8/h6H,2-5H2,1H3. The van der Waals surface area contributed by atoms with E-state index in [4.69, 9.17) is 0 Å². The molecule has 1 amide bonds. The molecule has 0 aromatic rings. The van der Waals surface area contributed by atoms with Crippen LogP contribution in [0.2, 0.25) is 0 Å². The average molecular weight is 270 g/mol. The monoisotopic (exact) mass is 269 g/mol. The van der Waals surface area contributed by atoms with Crippen LogP contribution in [-0.4, -0.2) is 48.6 Å². The van der Waals surface area contributed by atoms with E-state index >= 15 is 0 Å². The van der Waals surface area contributed by atoms with Gasteiger partial charge in [0.2, 0.25) is 5.91 Å². The van der Waals surface area contributed by atoms with E-state index in [-0.39, 0.29) is 28.8 Å². The summed E-state index contributed by atoms with van der Waals surface area (Å²) in [6.07, 6.45) is 0. The predicted octanol–water partition coefficient (Wildman–Crippen LogP) is 0.0268. The van der Waals surface area contributed by atoms with Crippen LogP contribution in [0.4, 0.5) is 0 Å². The zero-order chi connectivity index (χ0) is 10.1. The highest BCUT2D eigenvalue weighted by molar-refractivity contribution is 9.09. The molecule has 0 radical (unpaired) electrons. The molecule has 1 fully saturated rings. The molecule has 1 atom stereocenters. The number of nitrogens with zero attached hydrogens (tertiary/aromatic N) is 1. The predicted molar refractivity (Wildman–Crippen MR) is 53.6 cm³/mol. The number of sulfone groups is 1. The Morgan fingerprint density at radius 1 is 1.62 bits per heavy atom. The number of alkyl halides is 1. The van der Waals surface area contributed by atoms with E-state index in [0.717, 1.165) is 0 Å². The van der Waals surface area contributed by atoms with Crippen molar-refractivity contribution in [2.45, 2.75) is 13.0 Å². The molecule has 1 unspecified atom stereocenters. The van der Waals surface area contributed by atoms with Crippen LogP contribution in [0.5, 0.6) is 0 Å². The second kappa shape index (κ2) is 3.96. The highest BCUT2D eigenvalue weighted by Gasteiger charge is 2.30. The number of hydrogen-bond donors (Lipinski definition) is 0. The Balaban J connectivity index is 2.69. The summed E-state index contributed by atoms with van der Waals surface area (Å²) in [5, 5.41) is 0.261. The SMILES string of the molecule is CC1CS(=O)(=O)CCN1C(=O)CBr. The van der Waals surface area contributed by atoms with Gasteiger partial charge in [-0.15, -0.1) is 0 Å². The molecule has 0 bridgehead atoms. The maximum Gasteiger partial charge on any atom is 0.233 e. The van der Waals surface area contributed by atoms with Crippen molar-refractivity contribution in [3.05, 3.63) is 0 Å². The molecule has 0 saturated carbocycles. The summed E-state index contributed by atoms with van der Waals surface area (Å²) in [5.74, 6) is 0.143. The van der Waals surface area contributed by atoms with E-state index in [0.29, 0.717) is 6.54 Å². The van der Waals surface area contributed by atoms with Crippen molar-refractivity contribution in [2.75, 3.05) is 23.4 Å². The Labute approximate surface area is 86.3 Å². The van der Waals surface area contributed by atoms with Crippen LogP contribution in [0.15, 0.2) is 0 Å². The molecule has 4 nitrogen and oxygen atoms in total. The van der Waals surface area contributed by atoms with Crippen molar-refractivity contribution in [3.8, 4) is 0 Å². The van der Waals surface area contributed by atoms with Crippen molar-refractivity contribution in [1.29, 1.82) is 0 Å². The van der Waals surface area contributed by atoms with E-state index < -0.39 is 9.84 Å². The Kier molecular flexibility index (Phi) is 3.34. The molecule has 0 aliphatic carbocycles. The largest absolute Gasteiger partial charge is 0.337 e. The van der Waals surface area contributed by atoms with Gasteiger partial charge in [0.1, 0.15) is 0 Å². The van der Waals surface area contributed by atoms with Crippen LogP contribution in [0.3, 0.4) is 0 Å². The van der Waals surface area contributed by atoms with Crippen molar-refractivity contribution in [3.63, 3.8) is 0 Å². The van der Waals surface area contributed by atoms with Crippen LogP contribution in [0.25, 0.3) is 0 Å². The van der Waals surface area contributed by atoms with Gasteiger partial charge < -0.3 is 4.90 Å². The minimum atomic E-state index is -2.92. The van der Waals surface area contributed by atoms with Gasteiger partial charge in [0.25, 0.3) is 0 Å². The summed E-state index contributed by atoms with van der Waals surface area (Å²) in [4.78, 5) is 12.9. The number of rotatable bonds is 1. The number of carbonyl (C=O) groups is 1. The van der Waals surface area contributed by atoms with Gasteiger partial charge in [0.05, 0.1) is 16.8 Å². The Morgan fingerprint density at radius 3 is 2.69 bits per heavy atom. The lowest BCUT2D eigenvalue weighted by Crippen LogP contribution is -2.50. The van der Waals surface area contributed by atoms with Crippen LogP contribution >= 0.6 is 15.9 Å². The van der Waals surface area contributed by atoms with Gasteiger partial charge in [-0.25, -0.2) is 8.42 Å². The first-order valence-electron chi connectivity index (χ1n) is 4.02. The van der Waals surface area contributed by atoms with Crippen LogP contribution in [0, 0.1) is 0 Å². The summed E-state index contributed by atoms with van der Waals surface area (Å²) in [5.41, 5.74) is 0. The van der Waals surface area contributed by atoms with Crippen molar-refractivity contribution in [2.24, 2.45) is 0 Å². The molecule has 0 aromatic heterocycles. The summed E-state index contributed by atoms with van der Waals surface area (Å²) < 4.78 is 22.3. The minimum Gasteiger partial charge on any atom is -0.337 e. The van der Waals surface area contributed by atoms with Gasteiger partial charge >= 0.3 is 0 Å². The van der Waals surface area contributed by atoms with E-state index in [9.17, 15) is 13.2 Å². The fraction of sp³-hybridized carbons (Fsp3) is 0.857. The topological polar surface area (TPSA) is 54.5 Å². The Bertz CT molecular complexity index is 301. The van der Waals surface area contributed by atoms with Crippen molar-refractivity contribution >= 4 is 31.7 Å². The van der Waals surface area contributed by atoms with E-state index in [1.54, 1.807) is 11.8 Å². The average Bonchev–Trinajstić information content (AvgIpc) is 2.01. The van der Waals surface area contributed by atoms with Crippen molar-refractivity contribution in [1.82, 2.24) is 4.90 Å². The molecule has 6 heteroatoms. The van der Waals surface area contributed by atoms with Gasteiger partial charge in [-0.05, 0) is 6.92 Å². The smallest absolute Gasteiger partial charge is 0.233 e. The maximum absolute atomic E-state index is 11.3. The minimum absolute atomic E-state index is 0.0394. The zero-order valence-electron chi connectivity index (χ0n) is 7.36. The molecule has 1 saturated heterocycles. The molecular formula is C7H12BrNO3S. The summed E-state index contributed by atoms with van der Waals surface area (Å²) >= 11 is 3.07. The van der Waals surface area contributed by atoms with Crippen molar-refractivity contribution < 1.29 is 13.2 Å². The fourth-order valence-corrected chi connectivity index (χ4v) is 3.32. The molecule has 1 heterocycles. The zero-order valence-corrected chi connectivity index (χ0v) is 9.77. The summed E-state index contributed by atoms with van der Waals surface area (Å²) in [6.45, 7) is 2.09. The van der Waals surface area contributed by atoms with Gasteiger partial charge in [-0.2, -0.15) is 0 Å². The molecule has 0 spiro atoms. The number of halogens is 1. The summed E-state index contributed by atoms with van der Waals surface area (Å²) in [6, 6.07) is -0.191. The first-order chi connectivity index (χ1) is 5.96. The molecule has 1 aliphatic rings. The molecular weight excluding hydrogens is 258 g/mol. The molecule has 0 aromatic carbocycles. The maximum atomic E-state index is 11.3. The first kappa shape index (κ1) is 11.0. The van der Waals surface area contributed by atoms with Crippen LogP contribution < -0.4 is 0 Å². The first-order valence-corrected chi connectivity index (χ1v) is 6.96. The van der Waals surface area contributed by atoms with E-state index in [1.807, 2.05) is 0 Å². The number of amides is 1. The van der Waals surface area contributed by atoms with Crippen LogP contribution in [0.1, 0.15) is 6.92 Å². The van der Waals surface area contributed by atoms with E-state index in [2.05, 4.69) is 15.9 Å². The Hall–Kier alpha value is -0.100. The lowest BCUT2D eigenvalue weighted by molar-refractivity contribution is -0.129. The van der Waals surface area contributed by atoms with Gasteiger partial charge in [0, 0.05) is 12.6 Å². The highest BCUT2D eigenvalue weighted by atomic mass is 79.9. The quantitative estimate of drug-likeness (QED) is 0.631. The second-order valence-electron chi connectivity index (χ2n) is 3.18. The number of carbonyl (C=O) groups excluding carboxylic acids is 1. The number of hydrogen-bond acceptors (Lipinski definition) is 3. The van der Waals surface area contributed by atoms with Crippen LogP contribution in [-0.2, 0) is 14.6 Å². The Morgan fingerprint density at radius 2 is 2.23 bits per heavy atom. The molecule has 13 heavy (non-hydrogen) atoms. The third-order valence-electron chi connectivity index (χ3n) is 2.11. The molecule has 1 rings (SSSR count). The molecule has 76 valence electrons. The lowest BCUT2D eigenvalue weighted by Gasteiger charge is -2.32. The lowest BCUT2D eigenvalue weighted by atomic mass is 10.3. The van der Waals surface area contributed by atoms with E-state index in [1.165, 1.54) is 0 Å². The molecule has 0 N–H and O–H groups in total. The third-order valence-corrected chi connectivity index (χ3v) is 4.38. The van der Waals surface area contributed by atoms with Gasteiger partial charge in [0.15, 0.2) is 9.84 Å².